The zero-order valence-electron chi connectivity index (χ0n) is 15.3. The molecule has 0 spiro atoms. The molecule has 0 unspecified atom stereocenters. The Kier molecular flexibility index (Phi) is 6.89. The van der Waals surface area contributed by atoms with Crippen LogP contribution in [0.1, 0.15) is 5.56 Å². The van der Waals surface area contributed by atoms with Crippen molar-refractivity contribution in [1.82, 2.24) is 9.80 Å². The van der Waals surface area contributed by atoms with Crippen LogP contribution in [0.15, 0.2) is 43.0 Å². The molecule has 1 N–H and O–H groups in total. The van der Waals surface area contributed by atoms with Crippen LogP contribution in [0.3, 0.4) is 0 Å². The molecule has 7 heteroatoms. The van der Waals surface area contributed by atoms with E-state index in [4.69, 9.17) is 34.8 Å². The smallest absolute Gasteiger partial charge is 0.246 e. The monoisotopic (exact) mass is 438 g/mol. The van der Waals surface area contributed by atoms with Gasteiger partial charge in [-0.05, 0) is 18.1 Å². The SMILES string of the molecule is C=CC(=O)N1CCN(CCc2c(O)c(Cl)c(Cl)c(-c3ccccc3)c2Cl)CC1. The maximum absolute atomic E-state index is 11.7. The third-order valence-electron chi connectivity index (χ3n) is 4.99. The highest BCUT2D eigenvalue weighted by atomic mass is 35.5. The lowest BCUT2D eigenvalue weighted by molar-refractivity contribution is -0.127. The van der Waals surface area contributed by atoms with Gasteiger partial charge in [0.15, 0.2) is 0 Å². The number of hydrogen-bond donors (Lipinski definition) is 1. The predicted octanol–water partition coefficient (Wildman–Crippen LogP) is 4.89. The van der Waals surface area contributed by atoms with Crippen molar-refractivity contribution in [3.8, 4) is 16.9 Å². The summed E-state index contributed by atoms with van der Waals surface area (Å²) in [7, 11) is 0. The Morgan fingerprint density at radius 3 is 2.29 bits per heavy atom. The minimum absolute atomic E-state index is 0.0441. The minimum Gasteiger partial charge on any atom is -0.506 e. The van der Waals surface area contributed by atoms with Crippen LogP contribution in [0.4, 0.5) is 0 Å². The Morgan fingerprint density at radius 2 is 1.68 bits per heavy atom. The van der Waals surface area contributed by atoms with Gasteiger partial charge in [-0.3, -0.25) is 9.69 Å². The molecule has 1 heterocycles. The molecule has 0 saturated carbocycles. The van der Waals surface area contributed by atoms with Crippen molar-refractivity contribution in [2.45, 2.75) is 6.42 Å². The summed E-state index contributed by atoms with van der Waals surface area (Å²) >= 11 is 19.3. The molecular formula is C21H21Cl3N2O2. The fraction of sp³-hybridized carbons (Fsp3) is 0.286. The van der Waals surface area contributed by atoms with Crippen LogP contribution in [0.25, 0.3) is 11.1 Å². The Labute approximate surface area is 179 Å². The summed E-state index contributed by atoms with van der Waals surface area (Å²) in [5.41, 5.74) is 2.06. The number of phenolic OH excluding ortho intramolecular Hbond substituents is 1. The van der Waals surface area contributed by atoms with Crippen molar-refractivity contribution in [1.29, 1.82) is 0 Å². The number of benzene rings is 2. The van der Waals surface area contributed by atoms with Gasteiger partial charge in [0.05, 0.1) is 10.0 Å². The molecule has 2 aromatic carbocycles. The van der Waals surface area contributed by atoms with Crippen molar-refractivity contribution in [3.63, 3.8) is 0 Å². The average molecular weight is 440 g/mol. The van der Waals surface area contributed by atoms with Crippen LogP contribution in [-0.4, -0.2) is 53.5 Å². The molecule has 0 aromatic heterocycles. The van der Waals surface area contributed by atoms with E-state index in [0.29, 0.717) is 42.2 Å². The quantitative estimate of drug-likeness (QED) is 0.533. The van der Waals surface area contributed by atoms with E-state index in [0.717, 1.165) is 18.7 Å². The first-order chi connectivity index (χ1) is 13.4. The van der Waals surface area contributed by atoms with Gasteiger partial charge in [0.25, 0.3) is 0 Å². The van der Waals surface area contributed by atoms with Crippen LogP contribution in [0, 0.1) is 0 Å². The fourth-order valence-electron chi connectivity index (χ4n) is 3.37. The number of rotatable bonds is 5. The van der Waals surface area contributed by atoms with Crippen molar-refractivity contribution in [2.75, 3.05) is 32.7 Å². The van der Waals surface area contributed by atoms with Gasteiger partial charge < -0.3 is 10.0 Å². The summed E-state index contributed by atoms with van der Waals surface area (Å²) in [6.07, 6.45) is 1.87. The van der Waals surface area contributed by atoms with Gasteiger partial charge in [-0.2, -0.15) is 0 Å². The number of piperazine rings is 1. The molecule has 0 atom stereocenters. The maximum Gasteiger partial charge on any atom is 0.246 e. The molecule has 0 aliphatic carbocycles. The molecule has 0 radical (unpaired) electrons. The molecule has 1 amide bonds. The van der Waals surface area contributed by atoms with E-state index in [1.165, 1.54) is 6.08 Å². The van der Waals surface area contributed by atoms with Crippen LogP contribution >= 0.6 is 34.8 Å². The highest BCUT2D eigenvalue weighted by molar-refractivity contribution is 6.47. The summed E-state index contributed by atoms with van der Waals surface area (Å²) < 4.78 is 0. The summed E-state index contributed by atoms with van der Waals surface area (Å²) in [5, 5.41) is 11.3. The molecule has 4 nitrogen and oxygen atoms in total. The van der Waals surface area contributed by atoms with E-state index < -0.39 is 0 Å². The fourth-order valence-corrected chi connectivity index (χ4v) is 4.31. The number of phenols is 1. The lowest BCUT2D eigenvalue weighted by Gasteiger charge is -2.34. The second kappa shape index (κ2) is 9.19. The Balaban J connectivity index is 1.79. The van der Waals surface area contributed by atoms with E-state index in [1.54, 1.807) is 4.90 Å². The zero-order valence-corrected chi connectivity index (χ0v) is 17.6. The molecule has 1 aliphatic rings. The Morgan fingerprint density at radius 1 is 1.04 bits per heavy atom. The molecule has 1 aliphatic heterocycles. The average Bonchev–Trinajstić information content (AvgIpc) is 2.73. The first-order valence-corrected chi connectivity index (χ1v) is 10.1. The Bertz CT molecular complexity index is 879. The van der Waals surface area contributed by atoms with Gasteiger partial charge in [0.1, 0.15) is 10.8 Å². The molecule has 3 rings (SSSR count). The van der Waals surface area contributed by atoms with E-state index in [2.05, 4.69) is 11.5 Å². The number of carbonyl (C=O) groups is 1. The van der Waals surface area contributed by atoms with Crippen LogP contribution in [0.5, 0.6) is 5.75 Å². The maximum atomic E-state index is 11.7. The van der Waals surface area contributed by atoms with E-state index >= 15 is 0 Å². The zero-order chi connectivity index (χ0) is 20.3. The number of nitrogens with zero attached hydrogens (tertiary/aromatic N) is 2. The summed E-state index contributed by atoms with van der Waals surface area (Å²) in [6, 6.07) is 9.50. The molecule has 1 saturated heterocycles. The van der Waals surface area contributed by atoms with Gasteiger partial charge in [-0.1, -0.05) is 71.7 Å². The molecule has 1 fully saturated rings. The second-order valence-corrected chi connectivity index (χ2v) is 7.77. The molecular weight excluding hydrogens is 419 g/mol. The third kappa shape index (κ3) is 4.31. The topological polar surface area (TPSA) is 43.8 Å². The van der Waals surface area contributed by atoms with E-state index in [9.17, 15) is 9.90 Å². The number of amides is 1. The van der Waals surface area contributed by atoms with Crippen LogP contribution in [0.2, 0.25) is 15.1 Å². The van der Waals surface area contributed by atoms with Crippen molar-refractivity contribution >= 4 is 40.7 Å². The van der Waals surface area contributed by atoms with Gasteiger partial charge in [-0.25, -0.2) is 0 Å². The summed E-state index contributed by atoms with van der Waals surface area (Å²) in [6.45, 7) is 7.04. The largest absolute Gasteiger partial charge is 0.506 e. The highest BCUT2D eigenvalue weighted by Crippen LogP contribution is 2.47. The van der Waals surface area contributed by atoms with Gasteiger partial charge in [0.2, 0.25) is 5.91 Å². The lowest BCUT2D eigenvalue weighted by atomic mass is 10.00. The van der Waals surface area contributed by atoms with Crippen molar-refractivity contribution in [3.05, 3.63) is 63.6 Å². The number of hydrogen-bond acceptors (Lipinski definition) is 3. The molecule has 148 valence electrons. The van der Waals surface area contributed by atoms with Crippen LogP contribution in [-0.2, 0) is 11.2 Å². The van der Waals surface area contributed by atoms with Crippen molar-refractivity contribution in [2.24, 2.45) is 0 Å². The third-order valence-corrected chi connectivity index (χ3v) is 6.25. The number of halogens is 3. The summed E-state index contributed by atoms with van der Waals surface area (Å²) in [4.78, 5) is 15.7. The number of carbonyl (C=O) groups excluding carboxylic acids is 1. The van der Waals surface area contributed by atoms with E-state index in [-0.39, 0.29) is 21.7 Å². The van der Waals surface area contributed by atoms with Crippen LogP contribution < -0.4 is 0 Å². The van der Waals surface area contributed by atoms with Gasteiger partial charge >= 0.3 is 0 Å². The van der Waals surface area contributed by atoms with Gasteiger partial charge in [0, 0.05) is 43.9 Å². The van der Waals surface area contributed by atoms with Gasteiger partial charge in [-0.15, -0.1) is 0 Å². The molecule has 0 bridgehead atoms. The van der Waals surface area contributed by atoms with E-state index in [1.807, 2.05) is 30.3 Å². The molecule has 28 heavy (non-hydrogen) atoms. The summed E-state index contributed by atoms with van der Waals surface area (Å²) in [5.74, 6) is -0.117. The Hall–Kier alpha value is -1.72. The minimum atomic E-state index is -0.0724. The second-order valence-electron chi connectivity index (χ2n) is 6.63. The number of aromatic hydroxyl groups is 1. The first kappa shape index (κ1) is 21.0. The first-order valence-electron chi connectivity index (χ1n) is 9.01. The molecule has 2 aromatic rings. The van der Waals surface area contributed by atoms with Crippen molar-refractivity contribution < 1.29 is 9.90 Å². The lowest BCUT2D eigenvalue weighted by Crippen LogP contribution is -2.48. The normalized spacial score (nSPS) is 14.9. The standard InChI is InChI=1S/C21H21Cl3N2O2/c1-2-16(27)26-12-10-25(11-13-26)9-8-15-18(22)17(14-6-4-3-5-7-14)19(23)20(24)21(15)28/h2-7,28H,1,8-13H2. The highest BCUT2D eigenvalue weighted by Gasteiger charge is 2.24. The predicted molar refractivity (Wildman–Crippen MR) is 115 cm³/mol.